The average Bonchev–Trinajstić information content (AvgIpc) is 3.19. The standard InChI is InChI=1S/C34H35N3O2S/c1-20-4-8-29(9-5-20)37-32(39)30(31(38)35-33(37)40)16-26-12-21(2)36(22(26)3)28-10-6-27(7-11-28)34-17-23-13-24(18-34)15-25(14-23)19-34/h4-12,16,23-25H,13-15,17-19H2,1-3H3,(H,35,38,40)/b30-16+. The molecule has 0 unspecified atom stereocenters. The Bertz CT molecular complexity index is 1540. The first kappa shape index (κ1) is 25.5. The zero-order valence-corrected chi connectivity index (χ0v) is 24.2. The molecule has 8 rings (SSSR count). The zero-order chi connectivity index (χ0) is 27.8. The van der Waals surface area contributed by atoms with E-state index in [0.717, 1.165) is 46.0 Å². The number of amides is 2. The van der Waals surface area contributed by atoms with E-state index in [1.54, 1.807) is 6.08 Å². The van der Waals surface area contributed by atoms with Gasteiger partial charge in [0.15, 0.2) is 5.11 Å². The van der Waals surface area contributed by atoms with Crippen molar-refractivity contribution in [3.63, 3.8) is 0 Å². The van der Waals surface area contributed by atoms with Gasteiger partial charge in [-0.25, -0.2) is 0 Å². The molecule has 5 nitrogen and oxygen atoms in total. The maximum Gasteiger partial charge on any atom is 0.270 e. The molecule has 4 bridgehead atoms. The number of nitrogens with one attached hydrogen (secondary N) is 1. The molecule has 1 aliphatic heterocycles. The molecule has 0 spiro atoms. The number of rotatable bonds is 4. The van der Waals surface area contributed by atoms with E-state index in [1.165, 1.54) is 49.0 Å². The van der Waals surface area contributed by atoms with Crippen molar-refractivity contribution in [3.8, 4) is 5.69 Å². The summed E-state index contributed by atoms with van der Waals surface area (Å²) in [5, 5.41) is 2.80. The van der Waals surface area contributed by atoms with Gasteiger partial charge in [-0.15, -0.1) is 0 Å². The van der Waals surface area contributed by atoms with Gasteiger partial charge in [-0.1, -0.05) is 29.8 Å². The number of hydrogen-bond donors (Lipinski definition) is 1. The van der Waals surface area contributed by atoms with Gasteiger partial charge in [-0.05, 0) is 142 Å². The summed E-state index contributed by atoms with van der Waals surface area (Å²) >= 11 is 5.36. The molecule has 2 amide bonds. The van der Waals surface area contributed by atoms with Crippen LogP contribution in [0.4, 0.5) is 5.69 Å². The molecule has 5 fully saturated rings. The predicted octanol–water partition coefficient (Wildman–Crippen LogP) is 6.70. The molecular weight excluding hydrogens is 514 g/mol. The van der Waals surface area contributed by atoms with E-state index >= 15 is 0 Å². The van der Waals surface area contributed by atoms with Gasteiger partial charge in [-0.3, -0.25) is 19.8 Å². The summed E-state index contributed by atoms with van der Waals surface area (Å²) in [5.74, 6) is 1.88. The smallest absolute Gasteiger partial charge is 0.270 e. The van der Waals surface area contributed by atoms with Crippen LogP contribution in [0.25, 0.3) is 11.8 Å². The Morgan fingerprint density at radius 3 is 2.02 bits per heavy atom. The molecule has 2 heterocycles. The highest BCUT2D eigenvalue weighted by Crippen LogP contribution is 2.60. The number of thiocarbonyl (C=S) groups is 1. The molecule has 204 valence electrons. The number of anilines is 1. The first-order valence-corrected chi connectivity index (χ1v) is 14.9. The van der Waals surface area contributed by atoms with Gasteiger partial charge in [0.1, 0.15) is 5.57 Å². The lowest BCUT2D eigenvalue weighted by atomic mass is 9.48. The molecule has 0 radical (unpaired) electrons. The SMILES string of the molecule is Cc1ccc(N2C(=O)/C(=C/c3cc(C)n(-c4ccc(C56CC7CC(CC(C7)C5)C6)cc4)c3C)C(=O)NC2=S)cc1. The highest BCUT2D eigenvalue weighted by Gasteiger charge is 2.51. The monoisotopic (exact) mass is 549 g/mol. The van der Waals surface area contributed by atoms with Crippen molar-refractivity contribution in [2.75, 3.05) is 4.90 Å². The fourth-order valence-electron chi connectivity index (χ4n) is 8.50. The molecule has 4 saturated carbocycles. The molecule has 0 atom stereocenters. The van der Waals surface area contributed by atoms with E-state index in [-0.39, 0.29) is 10.7 Å². The quantitative estimate of drug-likeness (QED) is 0.224. The molecule has 1 saturated heterocycles. The van der Waals surface area contributed by atoms with Crippen LogP contribution in [0.3, 0.4) is 0 Å². The van der Waals surface area contributed by atoms with Crippen LogP contribution in [0.5, 0.6) is 0 Å². The fraction of sp³-hybridized carbons (Fsp3) is 0.382. The fourth-order valence-corrected chi connectivity index (χ4v) is 8.78. The van der Waals surface area contributed by atoms with Crippen LogP contribution < -0.4 is 10.2 Å². The van der Waals surface area contributed by atoms with Crippen molar-refractivity contribution >= 4 is 40.9 Å². The Hall–Kier alpha value is -3.51. The first-order chi connectivity index (χ1) is 19.2. The minimum atomic E-state index is -0.469. The van der Waals surface area contributed by atoms with Gasteiger partial charge in [0.25, 0.3) is 11.8 Å². The van der Waals surface area contributed by atoms with Crippen LogP contribution in [-0.2, 0) is 15.0 Å². The van der Waals surface area contributed by atoms with Crippen LogP contribution in [0, 0.1) is 38.5 Å². The second-order valence-corrected chi connectivity index (χ2v) is 13.1. The van der Waals surface area contributed by atoms with Crippen molar-refractivity contribution in [1.29, 1.82) is 0 Å². The number of hydrogen-bond acceptors (Lipinski definition) is 3. The molecule has 2 aromatic carbocycles. The Balaban J connectivity index is 1.19. The Labute approximate surface area is 241 Å². The summed E-state index contributed by atoms with van der Waals surface area (Å²) in [6.07, 6.45) is 10.1. The second kappa shape index (κ2) is 9.27. The first-order valence-electron chi connectivity index (χ1n) is 14.5. The van der Waals surface area contributed by atoms with E-state index in [4.69, 9.17) is 12.2 Å². The summed E-state index contributed by atoms with van der Waals surface area (Å²) in [5.41, 5.74) is 7.68. The lowest BCUT2D eigenvalue weighted by Gasteiger charge is -2.57. The Morgan fingerprint density at radius 1 is 0.850 bits per heavy atom. The summed E-state index contributed by atoms with van der Waals surface area (Å²) in [6.45, 7) is 6.10. The van der Waals surface area contributed by atoms with E-state index in [1.807, 2.05) is 44.2 Å². The third-order valence-electron chi connectivity index (χ3n) is 9.94. The number of carbonyl (C=O) groups is 2. The normalized spacial score (nSPS) is 28.5. The zero-order valence-electron chi connectivity index (χ0n) is 23.4. The molecule has 1 N–H and O–H groups in total. The lowest BCUT2D eigenvalue weighted by Crippen LogP contribution is -2.54. The Kier molecular flexibility index (Phi) is 5.90. The van der Waals surface area contributed by atoms with Gasteiger partial charge >= 0.3 is 0 Å². The van der Waals surface area contributed by atoms with Crippen molar-refractivity contribution in [2.45, 2.75) is 64.7 Å². The summed E-state index contributed by atoms with van der Waals surface area (Å²) in [4.78, 5) is 27.8. The van der Waals surface area contributed by atoms with Gasteiger partial charge in [0, 0.05) is 17.1 Å². The number of carbonyl (C=O) groups excluding carboxylic acids is 2. The molecule has 40 heavy (non-hydrogen) atoms. The van der Waals surface area contributed by atoms with Crippen molar-refractivity contribution in [2.24, 2.45) is 17.8 Å². The number of nitrogens with zero attached hydrogens (tertiary/aromatic N) is 2. The average molecular weight is 550 g/mol. The maximum absolute atomic E-state index is 13.5. The van der Waals surface area contributed by atoms with E-state index < -0.39 is 11.8 Å². The van der Waals surface area contributed by atoms with Crippen LogP contribution in [0.1, 0.15) is 66.6 Å². The van der Waals surface area contributed by atoms with Crippen LogP contribution in [0.15, 0.2) is 60.2 Å². The van der Waals surface area contributed by atoms with Gasteiger partial charge in [-0.2, -0.15) is 0 Å². The largest absolute Gasteiger partial charge is 0.318 e. The number of aromatic nitrogens is 1. The summed E-state index contributed by atoms with van der Waals surface area (Å²) in [7, 11) is 0. The van der Waals surface area contributed by atoms with Crippen molar-refractivity contribution in [1.82, 2.24) is 9.88 Å². The number of aryl methyl sites for hydroxylation is 2. The molecule has 6 heteroatoms. The minimum absolute atomic E-state index is 0.0755. The minimum Gasteiger partial charge on any atom is -0.318 e. The third kappa shape index (κ3) is 4.07. The van der Waals surface area contributed by atoms with Crippen molar-refractivity contribution < 1.29 is 9.59 Å². The van der Waals surface area contributed by atoms with Crippen molar-refractivity contribution in [3.05, 3.63) is 88.2 Å². The highest BCUT2D eigenvalue weighted by atomic mass is 32.1. The molecule has 5 aliphatic rings. The highest BCUT2D eigenvalue weighted by molar-refractivity contribution is 7.80. The van der Waals surface area contributed by atoms with Crippen LogP contribution >= 0.6 is 12.2 Å². The molecule has 1 aromatic heterocycles. The van der Waals surface area contributed by atoms with E-state index in [2.05, 4.69) is 41.1 Å². The molecule has 3 aromatic rings. The van der Waals surface area contributed by atoms with Crippen LogP contribution in [0.2, 0.25) is 0 Å². The van der Waals surface area contributed by atoms with Crippen LogP contribution in [-0.4, -0.2) is 21.5 Å². The third-order valence-corrected chi connectivity index (χ3v) is 10.2. The van der Waals surface area contributed by atoms with Gasteiger partial charge in [0.05, 0.1) is 5.69 Å². The summed E-state index contributed by atoms with van der Waals surface area (Å²) in [6, 6.07) is 18.8. The van der Waals surface area contributed by atoms with Gasteiger partial charge < -0.3 is 4.57 Å². The van der Waals surface area contributed by atoms with E-state index in [0.29, 0.717) is 11.1 Å². The van der Waals surface area contributed by atoms with E-state index in [9.17, 15) is 9.59 Å². The molecular formula is C34H35N3O2S. The number of benzene rings is 2. The predicted molar refractivity (Wildman–Crippen MR) is 162 cm³/mol. The molecule has 4 aliphatic carbocycles. The maximum atomic E-state index is 13.5. The van der Waals surface area contributed by atoms with Gasteiger partial charge in [0.2, 0.25) is 0 Å². The lowest BCUT2D eigenvalue weighted by molar-refractivity contribution is -0.122. The second-order valence-electron chi connectivity index (χ2n) is 12.7. The summed E-state index contributed by atoms with van der Waals surface area (Å²) < 4.78 is 2.21. The Morgan fingerprint density at radius 2 is 1.43 bits per heavy atom. The topological polar surface area (TPSA) is 54.3 Å².